The molecule has 0 atom stereocenters. The van der Waals surface area contributed by atoms with E-state index in [0.717, 1.165) is 11.3 Å². The Morgan fingerprint density at radius 2 is 2.00 bits per heavy atom. The molecule has 0 aliphatic rings. The average molecular weight is 189 g/mol. The second-order valence-electron chi connectivity index (χ2n) is 4.67. The van der Waals surface area contributed by atoms with Crippen molar-refractivity contribution in [2.45, 2.75) is 33.1 Å². The Labute approximate surface area is 84.0 Å². The molecule has 0 unspecified atom stereocenters. The molecule has 0 saturated carbocycles. The molecule has 2 heterocycles. The minimum atomic E-state index is 0.112. The van der Waals surface area contributed by atoms with Crippen molar-refractivity contribution in [3.63, 3.8) is 0 Å². The Morgan fingerprint density at radius 1 is 1.29 bits per heavy atom. The van der Waals surface area contributed by atoms with Crippen LogP contribution in [-0.2, 0) is 5.41 Å². The zero-order valence-electron chi connectivity index (χ0n) is 9.09. The van der Waals surface area contributed by atoms with E-state index in [-0.39, 0.29) is 5.41 Å². The summed E-state index contributed by atoms with van der Waals surface area (Å²) in [5.41, 5.74) is 3.36. The van der Waals surface area contributed by atoms with E-state index in [2.05, 4.69) is 25.8 Å². The van der Waals surface area contributed by atoms with E-state index in [1.807, 2.05) is 13.0 Å². The standard InChI is InChI=1S/C12H15NO/c1-8-11(12(2,3)4)9-5-6-14-10(9)7-13-8/h5-7H,1-4H3. The number of hydrogen-bond donors (Lipinski definition) is 0. The van der Waals surface area contributed by atoms with Crippen LogP contribution in [0.3, 0.4) is 0 Å². The van der Waals surface area contributed by atoms with Crippen molar-refractivity contribution in [1.82, 2.24) is 4.98 Å². The van der Waals surface area contributed by atoms with Crippen LogP contribution in [0.25, 0.3) is 11.0 Å². The van der Waals surface area contributed by atoms with Crippen LogP contribution in [0.5, 0.6) is 0 Å². The van der Waals surface area contributed by atoms with E-state index >= 15 is 0 Å². The van der Waals surface area contributed by atoms with Gasteiger partial charge in [-0.3, -0.25) is 4.98 Å². The summed E-state index contributed by atoms with van der Waals surface area (Å²) < 4.78 is 5.35. The van der Waals surface area contributed by atoms with E-state index in [9.17, 15) is 0 Å². The van der Waals surface area contributed by atoms with Gasteiger partial charge >= 0.3 is 0 Å². The molecule has 0 radical (unpaired) electrons. The summed E-state index contributed by atoms with van der Waals surface area (Å²) in [5.74, 6) is 0. The second-order valence-corrected chi connectivity index (χ2v) is 4.67. The Bertz CT molecular complexity index is 463. The second kappa shape index (κ2) is 2.84. The molecule has 0 fully saturated rings. The van der Waals surface area contributed by atoms with Crippen LogP contribution in [0.4, 0.5) is 0 Å². The normalized spacial score (nSPS) is 12.3. The van der Waals surface area contributed by atoms with E-state index < -0.39 is 0 Å². The minimum Gasteiger partial charge on any atom is -0.463 e. The van der Waals surface area contributed by atoms with Crippen LogP contribution in [0.15, 0.2) is 22.9 Å². The van der Waals surface area contributed by atoms with Crippen LogP contribution >= 0.6 is 0 Å². The lowest BCUT2D eigenvalue weighted by molar-refractivity contribution is 0.584. The predicted molar refractivity (Wildman–Crippen MR) is 57.4 cm³/mol. The van der Waals surface area contributed by atoms with Gasteiger partial charge in [-0.05, 0) is 24.0 Å². The molecule has 0 bridgehead atoms. The van der Waals surface area contributed by atoms with Gasteiger partial charge in [0.2, 0.25) is 0 Å². The lowest BCUT2D eigenvalue weighted by atomic mass is 9.84. The molecular formula is C12H15NO. The third-order valence-corrected chi connectivity index (χ3v) is 2.45. The van der Waals surface area contributed by atoms with Gasteiger partial charge in [0, 0.05) is 11.1 Å². The third kappa shape index (κ3) is 1.31. The zero-order valence-corrected chi connectivity index (χ0v) is 9.09. The van der Waals surface area contributed by atoms with Gasteiger partial charge in [-0.15, -0.1) is 0 Å². The summed E-state index contributed by atoms with van der Waals surface area (Å²) in [5, 5.41) is 1.19. The van der Waals surface area contributed by atoms with Gasteiger partial charge < -0.3 is 4.42 Å². The van der Waals surface area contributed by atoms with Crippen molar-refractivity contribution in [3.05, 3.63) is 29.8 Å². The molecule has 0 amide bonds. The van der Waals surface area contributed by atoms with Crippen LogP contribution in [0.1, 0.15) is 32.0 Å². The van der Waals surface area contributed by atoms with E-state index in [1.165, 1.54) is 10.9 Å². The van der Waals surface area contributed by atoms with E-state index in [0.29, 0.717) is 0 Å². The van der Waals surface area contributed by atoms with Crippen LogP contribution < -0.4 is 0 Å². The van der Waals surface area contributed by atoms with E-state index in [4.69, 9.17) is 4.42 Å². The van der Waals surface area contributed by atoms with Crippen molar-refractivity contribution in [2.24, 2.45) is 0 Å². The van der Waals surface area contributed by atoms with Crippen molar-refractivity contribution in [3.8, 4) is 0 Å². The first kappa shape index (κ1) is 9.25. The van der Waals surface area contributed by atoms with Crippen LogP contribution in [0.2, 0.25) is 0 Å². The number of fused-ring (bicyclic) bond motifs is 1. The molecule has 2 aromatic heterocycles. The van der Waals surface area contributed by atoms with Gasteiger partial charge in [0.25, 0.3) is 0 Å². The molecule has 14 heavy (non-hydrogen) atoms. The third-order valence-electron chi connectivity index (χ3n) is 2.45. The van der Waals surface area contributed by atoms with Gasteiger partial charge in [0.15, 0.2) is 5.58 Å². The molecule has 2 nitrogen and oxygen atoms in total. The van der Waals surface area contributed by atoms with Crippen molar-refractivity contribution in [2.75, 3.05) is 0 Å². The number of hydrogen-bond acceptors (Lipinski definition) is 2. The maximum Gasteiger partial charge on any atom is 0.152 e. The molecule has 0 saturated heterocycles. The highest BCUT2D eigenvalue weighted by Crippen LogP contribution is 2.31. The fourth-order valence-electron chi connectivity index (χ4n) is 1.99. The predicted octanol–water partition coefficient (Wildman–Crippen LogP) is 3.43. The monoisotopic (exact) mass is 189 g/mol. The van der Waals surface area contributed by atoms with Crippen LogP contribution in [-0.4, -0.2) is 4.98 Å². The molecule has 0 aromatic carbocycles. The highest BCUT2D eigenvalue weighted by Gasteiger charge is 2.20. The van der Waals surface area contributed by atoms with Crippen molar-refractivity contribution >= 4 is 11.0 Å². The van der Waals surface area contributed by atoms with Gasteiger partial charge in [-0.2, -0.15) is 0 Å². The SMILES string of the molecule is Cc1ncc2occc2c1C(C)(C)C. The maximum atomic E-state index is 5.35. The van der Waals surface area contributed by atoms with Crippen molar-refractivity contribution in [1.29, 1.82) is 0 Å². The summed E-state index contributed by atoms with van der Waals surface area (Å²) in [6.07, 6.45) is 3.51. The summed E-state index contributed by atoms with van der Waals surface area (Å²) in [6, 6.07) is 2.02. The molecule has 2 rings (SSSR count). The first-order valence-electron chi connectivity index (χ1n) is 4.83. The number of aromatic nitrogens is 1. The lowest BCUT2D eigenvalue weighted by Crippen LogP contribution is -2.14. The summed E-state index contributed by atoms with van der Waals surface area (Å²) in [4.78, 5) is 4.35. The molecule has 0 aliphatic carbocycles. The van der Waals surface area contributed by atoms with Gasteiger partial charge in [-0.1, -0.05) is 20.8 Å². The molecule has 0 spiro atoms. The molecule has 2 aromatic rings. The lowest BCUT2D eigenvalue weighted by Gasteiger charge is -2.21. The zero-order chi connectivity index (χ0) is 10.3. The summed E-state index contributed by atoms with van der Waals surface area (Å²) in [7, 11) is 0. The largest absolute Gasteiger partial charge is 0.463 e. The topological polar surface area (TPSA) is 26.0 Å². The molecule has 0 aliphatic heterocycles. The van der Waals surface area contributed by atoms with Crippen LogP contribution in [0, 0.1) is 6.92 Å². The Balaban J connectivity index is 2.83. The number of rotatable bonds is 0. The number of nitrogens with zero attached hydrogens (tertiary/aromatic N) is 1. The average Bonchev–Trinajstić information content (AvgIpc) is 2.48. The van der Waals surface area contributed by atoms with Crippen molar-refractivity contribution < 1.29 is 4.42 Å². The van der Waals surface area contributed by atoms with Gasteiger partial charge in [0.1, 0.15) is 0 Å². The highest BCUT2D eigenvalue weighted by molar-refractivity contribution is 5.81. The Morgan fingerprint density at radius 3 is 2.64 bits per heavy atom. The quantitative estimate of drug-likeness (QED) is 0.634. The fourth-order valence-corrected chi connectivity index (χ4v) is 1.99. The number of aryl methyl sites for hydroxylation is 1. The molecule has 0 N–H and O–H groups in total. The first-order valence-corrected chi connectivity index (χ1v) is 4.83. The Hall–Kier alpha value is -1.31. The first-order chi connectivity index (χ1) is 6.50. The summed E-state index contributed by atoms with van der Waals surface area (Å²) in [6.45, 7) is 8.64. The van der Waals surface area contributed by atoms with Gasteiger partial charge in [0.05, 0.1) is 12.5 Å². The van der Waals surface area contributed by atoms with Gasteiger partial charge in [-0.25, -0.2) is 0 Å². The molecule has 2 heteroatoms. The molecule has 74 valence electrons. The summed E-state index contributed by atoms with van der Waals surface area (Å²) >= 11 is 0. The van der Waals surface area contributed by atoms with E-state index in [1.54, 1.807) is 12.5 Å². The number of furan rings is 1. The molecular weight excluding hydrogens is 174 g/mol. The maximum absolute atomic E-state index is 5.35. The minimum absolute atomic E-state index is 0.112. The smallest absolute Gasteiger partial charge is 0.152 e. The number of pyridine rings is 1. The Kier molecular flexibility index (Phi) is 1.88. The highest BCUT2D eigenvalue weighted by atomic mass is 16.3. The fraction of sp³-hybridized carbons (Fsp3) is 0.417.